The molecular formula is C13H16N2. The highest BCUT2D eigenvalue weighted by atomic mass is 15.0. The van der Waals surface area contributed by atoms with E-state index in [0.717, 1.165) is 12.2 Å². The second kappa shape index (κ2) is 3.81. The van der Waals surface area contributed by atoms with E-state index in [1.165, 1.54) is 17.0 Å². The van der Waals surface area contributed by atoms with Gasteiger partial charge in [0.05, 0.1) is 0 Å². The van der Waals surface area contributed by atoms with E-state index in [4.69, 9.17) is 5.73 Å². The van der Waals surface area contributed by atoms with Crippen LogP contribution in [0, 0.1) is 13.8 Å². The highest BCUT2D eigenvalue weighted by Crippen LogP contribution is 2.12. The van der Waals surface area contributed by atoms with Gasteiger partial charge in [-0.05, 0) is 43.7 Å². The monoisotopic (exact) mass is 200 g/mol. The molecule has 0 saturated carbocycles. The number of nitrogens with two attached hydrogens (primary N) is 1. The van der Waals surface area contributed by atoms with Gasteiger partial charge in [0.2, 0.25) is 0 Å². The van der Waals surface area contributed by atoms with E-state index in [9.17, 15) is 0 Å². The molecule has 0 unspecified atom stereocenters. The van der Waals surface area contributed by atoms with Gasteiger partial charge < -0.3 is 10.3 Å². The molecule has 0 aliphatic carbocycles. The molecule has 0 spiro atoms. The number of anilines is 1. The minimum Gasteiger partial charge on any atom is -0.399 e. The average molecular weight is 200 g/mol. The first-order valence-corrected chi connectivity index (χ1v) is 5.14. The van der Waals surface area contributed by atoms with Gasteiger partial charge in [-0.3, -0.25) is 0 Å². The molecule has 0 radical (unpaired) electrons. The van der Waals surface area contributed by atoms with E-state index in [2.05, 4.69) is 42.7 Å². The molecule has 0 fully saturated rings. The number of aryl methyl sites for hydroxylation is 2. The molecule has 2 nitrogen and oxygen atoms in total. The lowest BCUT2D eigenvalue weighted by Crippen LogP contribution is -2.03. The van der Waals surface area contributed by atoms with Gasteiger partial charge in [0.25, 0.3) is 0 Å². The minimum atomic E-state index is 0.819. The predicted octanol–water partition coefficient (Wildman–Crippen LogP) is 2.74. The summed E-state index contributed by atoms with van der Waals surface area (Å²) in [6.45, 7) is 5.18. The highest BCUT2D eigenvalue weighted by molar-refractivity contribution is 5.39. The Morgan fingerprint density at radius 2 is 1.47 bits per heavy atom. The summed E-state index contributed by atoms with van der Waals surface area (Å²) in [5, 5.41) is 0. The fraction of sp³-hybridized carbons (Fsp3) is 0.231. The third kappa shape index (κ3) is 2.04. The van der Waals surface area contributed by atoms with Crippen molar-refractivity contribution in [3.63, 3.8) is 0 Å². The normalized spacial score (nSPS) is 10.5. The second-order valence-electron chi connectivity index (χ2n) is 3.94. The molecule has 0 saturated heterocycles. The van der Waals surface area contributed by atoms with E-state index in [0.29, 0.717) is 0 Å². The van der Waals surface area contributed by atoms with Crippen molar-refractivity contribution < 1.29 is 0 Å². The zero-order valence-electron chi connectivity index (χ0n) is 9.20. The molecule has 0 amide bonds. The molecule has 2 N–H and O–H groups in total. The van der Waals surface area contributed by atoms with Gasteiger partial charge in [0, 0.05) is 23.6 Å². The zero-order valence-corrected chi connectivity index (χ0v) is 9.20. The van der Waals surface area contributed by atoms with Crippen LogP contribution in [0.1, 0.15) is 17.0 Å². The van der Waals surface area contributed by atoms with Crippen LogP contribution in [0.2, 0.25) is 0 Å². The van der Waals surface area contributed by atoms with Crippen LogP contribution in [-0.2, 0) is 6.54 Å². The summed E-state index contributed by atoms with van der Waals surface area (Å²) in [6.07, 6.45) is 0. The number of hydrogen-bond donors (Lipinski definition) is 1. The summed E-state index contributed by atoms with van der Waals surface area (Å²) in [4.78, 5) is 0. The van der Waals surface area contributed by atoms with Crippen molar-refractivity contribution in [1.82, 2.24) is 4.57 Å². The van der Waals surface area contributed by atoms with E-state index in [1.54, 1.807) is 0 Å². The lowest BCUT2D eigenvalue weighted by atomic mass is 10.2. The fourth-order valence-electron chi connectivity index (χ4n) is 1.75. The van der Waals surface area contributed by atoms with Crippen LogP contribution in [0.5, 0.6) is 0 Å². The molecule has 0 atom stereocenters. The van der Waals surface area contributed by atoms with E-state index in [-0.39, 0.29) is 0 Å². The predicted molar refractivity (Wildman–Crippen MR) is 63.9 cm³/mol. The quantitative estimate of drug-likeness (QED) is 0.742. The second-order valence-corrected chi connectivity index (χ2v) is 3.94. The van der Waals surface area contributed by atoms with Gasteiger partial charge >= 0.3 is 0 Å². The standard InChI is InChI=1S/C13H16N2/c1-10-3-4-11(2)15(10)9-12-5-7-13(14)8-6-12/h3-8H,9,14H2,1-2H3. The fourth-order valence-corrected chi connectivity index (χ4v) is 1.75. The maximum Gasteiger partial charge on any atom is 0.0475 e. The number of nitrogens with zero attached hydrogens (tertiary/aromatic N) is 1. The molecule has 15 heavy (non-hydrogen) atoms. The Labute approximate surface area is 90.3 Å². The lowest BCUT2D eigenvalue weighted by molar-refractivity contribution is 0.750. The molecular weight excluding hydrogens is 184 g/mol. The third-order valence-corrected chi connectivity index (χ3v) is 2.74. The average Bonchev–Trinajstić information content (AvgIpc) is 2.53. The SMILES string of the molecule is Cc1ccc(C)n1Cc1ccc(N)cc1. The van der Waals surface area contributed by atoms with Crippen LogP contribution < -0.4 is 5.73 Å². The lowest BCUT2D eigenvalue weighted by Gasteiger charge is -2.09. The Hall–Kier alpha value is -1.70. The molecule has 1 aromatic heterocycles. The summed E-state index contributed by atoms with van der Waals surface area (Å²) in [7, 11) is 0. The minimum absolute atomic E-state index is 0.819. The van der Waals surface area contributed by atoms with Crippen LogP contribution in [0.3, 0.4) is 0 Å². The molecule has 0 aliphatic heterocycles. The number of nitrogen functional groups attached to an aromatic ring is 1. The van der Waals surface area contributed by atoms with E-state index in [1.807, 2.05) is 12.1 Å². The Kier molecular flexibility index (Phi) is 2.50. The van der Waals surface area contributed by atoms with Crippen molar-refractivity contribution in [2.75, 3.05) is 5.73 Å². The van der Waals surface area contributed by atoms with Crippen molar-refractivity contribution >= 4 is 5.69 Å². The first-order valence-electron chi connectivity index (χ1n) is 5.14. The number of benzene rings is 1. The van der Waals surface area contributed by atoms with Gasteiger partial charge in [0.15, 0.2) is 0 Å². The van der Waals surface area contributed by atoms with Gasteiger partial charge in [-0.25, -0.2) is 0 Å². The number of hydrogen-bond acceptors (Lipinski definition) is 1. The molecule has 2 heteroatoms. The van der Waals surface area contributed by atoms with Gasteiger partial charge in [-0.15, -0.1) is 0 Å². The van der Waals surface area contributed by atoms with Crippen molar-refractivity contribution in [2.45, 2.75) is 20.4 Å². The van der Waals surface area contributed by atoms with Crippen LogP contribution in [0.25, 0.3) is 0 Å². The summed E-state index contributed by atoms with van der Waals surface area (Å²) in [5.41, 5.74) is 10.3. The van der Waals surface area contributed by atoms with Crippen LogP contribution in [-0.4, -0.2) is 4.57 Å². The van der Waals surface area contributed by atoms with Gasteiger partial charge in [-0.2, -0.15) is 0 Å². The first kappa shape index (κ1) is 9.84. The zero-order chi connectivity index (χ0) is 10.8. The Bertz CT molecular complexity index is 432. The van der Waals surface area contributed by atoms with Crippen molar-refractivity contribution in [3.05, 3.63) is 53.3 Å². The van der Waals surface area contributed by atoms with Gasteiger partial charge in [0.1, 0.15) is 0 Å². The van der Waals surface area contributed by atoms with Crippen LogP contribution in [0.4, 0.5) is 5.69 Å². The molecule has 0 bridgehead atoms. The maximum atomic E-state index is 5.65. The molecule has 2 aromatic rings. The Morgan fingerprint density at radius 1 is 0.933 bits per heavy atom. The molecule has 0 aliphatic rings. The largest absolute Gasteiger partial charge is 0.399 e. The maximum absolute atomic E-state index is 5.65. The Morgan fingerprint density at radius 3 is 2.00 bits per heavy atom. The van der Waals surface area contributed by atoms with Gasteiger partial charge in [-0.1, -0.05) is 12.1 Å². The number of aromatic nitrogens is 1. The smallest absolute Gasteiger partial charge is 0.0475 e. The first-order chi connectivity index (χ1) is 7.16. The van der Waals surface area contributed by atoms with Crippen molar-refractivity contribution in [3.8, 4) is 0 Å². The van der Waals surface area contributed by atoms with E-state index >= 15 is 0 Å². The van der Waals surface area contributed by atoms with Crippen molar-refractivity contribution in [1.29, 1.82) is 0 Å². The molecule has 78 valence electrons. The van der Waals surface area contributed by atoms with Crippen LogP contribution >= 0.6 is 0 Å². The summed E-state index contributed by atoms with van der Waals surface area (Å²) in [6, 6.07) is 12.3. The topological polar surface area (TPSA) is 30.9 Å². The van der Waals surface area contributed by atoms with Crippen molar-refractivity contribution in [2.24, 2.45) is 0 Å². The molecule has 1 aromatic carbocycles. The third-order valence-electron chi connectivity index (χ3n) is 2.74. The van der Waals surface area contributed by atoms with E-state index < -0.39 is 0 Å². The highest BCUT2D eigenvalue weighted by Gasteiger charge is 2.01. The summed E-state index contributed by atoms with van der Waals surface area (Å²) in [5.74, 6) is 0. The molecule has 1 heterocycles. The number of rotatable bonds is 2. The Balaban J connectivity index is 2.25. The summed E-state index contributed by atoms with van der Waals surface area (Å²) >= 11 is 0. The van der Waals surface area contributed by atoms with Crippen LogP contribution in [0.15, 0.2) is 36.4 Å². The summed E-state index contributed by atoms with van der Waals surface area (Å²) < 4.78 is 2.30. The molecule has 2 rings (SSSR count).